The molecule has 280 valence electrons. The summed E-state index contributed by atoms with van der Waals surface area (Å²) in [5.74, 6) is 0.998. The van der Waals surface area contributed by atoms with E-state index < -0.39 is 0 Å². The number of ether oxygens (including phenoxy) is 2. The van der Waals surface area contributed by atoms with Crippen LogP contribution in [0.5, 0.6) is 11.8 Å². The van der Waals surface area contributed by atoms with Crippen molar-refractivity contribution in [3.8, 4) is 22.9 Å². The van der Waals surface area contributed by atoms with Crippen molar-refractivity contribution in [3.05, 3.63) is 98.7 Å². The van der Waals surface area contributed by atoms with Gasteiger partial charge in [0.25, 0.3) is 5.91 Å². The molecule has 3 fully saturated rings. The number of halogens is 2. The van der Waals surface area contributed by atoms with E-state index >= 15 is 0 Å². The van der Waals surface area contributed by atoms with E-state index in [9.17, 15) is 14.4 Å². The third kappa shape index (κ3) is 7.48. The Morgan fingerprint density at radius 2 is 1.83 bits per heavy atom. The number of fused-ring (bicyclic) bond motifs is 1. The Bertz CT molecular complexity index is 2110. The zero-order valence-corrected chi connectivity index (χ0v) is 31.4. The molecule has 0 bridgehead atoms. The molecule has 2 aromatic heterocycles. The first kappa shape index (κ1) is 36.2. The van der Waals surface area contributed by atoms with Crippen LogP contribution < -0.4 is 30.7 Å². The molecule has 54 heavy (non-hydrogen) atoms. The van der Waals surface area contributed by atoms with Gasteiger partial charge in [-0.05, 0) is 66.1 Å². The van der Waals surface area contributed by atoms with Gasteiger partial charge in [0.05, 0.1) is 23.2 Å². The van der Waals surface area contributed by atoms with E-state index in [0.717, 1.165) is 72.3 Å². The first-order valence-corrected chi connectivity index (χ1v) is 19.0. The standard InChI is InChI=1S/C40H41Cl2N7O5/c1-53-38-24(18-43-19-25-9-13-34(50)45-25)16-31(41)39(47-38)54-32-11-10-27-26(4-2-5-28(27)32)29-6-3-7-30(36(29)42)37(52)46-33-12-8-23(17-44-33)20-49-21-40(22-49)15-14-35(51)48-40/h2-8,12,16-17,25,32,43H,9-11,13-15,18-22H2,1H3,(H,45,50)(H,48,51)(H,44,46,52)/t25-,32-/m0/s1. The van der Waals surface area contributed by atoms with Crippen molar-refractivity contribution in [2.45, 2.75) is 69.3 Å². The topological polar surface area (TPSA) is 147 Å². The highest BCUT2D eigenvalue weighted by atomic mass is 35.5. The predicted molar refractivity (Wildman–Crippen MR) is 205 cm³/mol. The molecule has 1 aliphatic carbocycles. The minimum absolute atomic E-state index is 0.0637. The Hall–Kier alpha value is -4.75. The molecule has 0 unspecified atom stereocenters. The maximum absolute atomic E-state index is 13.5. The number of rotatable bonds is 12. The minimum atomic E-state index is -0.351. The van der Waals surface area contributed by atoms with E-state index in [1.807, 2.05) is 36.4 Å². The van der Waals surface area contributed by atoms with Gasteiger partial charge >= 0.3 is 0 Å². The van der Waals surface area contributed by atoms with Crippen LogP contribution in [0.15, 0.2) is 60.8 Å². The maximum Gasteiger partial charge on any atom is 0.258 e. The van der Waals surface area contributed by atoms with Crippen LogP contribution in [0.1, 0.15) is 70.8 Å². The Morgan fingerprint density at radius 1 is 1.00 bits per heavy atom. The molecular weight excluding hydrogens is 729 g/mol. The van der Waals surface area contributed by atoms with Crippen LogP contribution in [0, 0.1) is 0 Å². The Kier molecular flexibility index (Phi) is 10.2. The van der Waals surface area contributed by atoms with Gasteiger partial charge in [-0.2, -0.15) is 4.98 Å². The molecule has 3 aliphatic heterocycles. The monoisotopic (exact) mass is 769 g/mol. The summed E-state index contributed by atoms with van der Waals surface area (Å²) in [6.07, 6.45) is 5.77. The number of nitrogens with zero attached hydrogens (tertiary/aromatic N) is 3. The lowest BCUT2D eigenvalue weighted by atomic mass is 9.88. The predicted octanol–water partition coefficient (Wildman–Crippen LogP) is 5.61. The number of aromatic nitrogens is 2. The quantitative estimate of drug-likeness (QED) is 0.144. The van der Waals surface area contributed by atoms with Crippen LogP contribution in [0.2, 0.25) is 10.0 Å². The van der Waals surface area contributed by atoms with Gasteiger partial charge in [-0.25, -0.2) is 4.98 Å². The fourth-order valence-corrected chi connectivity index (χ4v) is 8.63. The summed E-state index contributed by atoms with van der Waals surface area (Å²) in [6, 6.07) is 17.1. The Labute approximate surface area is 323 Å². The molecule has 14 heteroatoms. The van der Waals surface area contributed by atoms with E-state index in [0.29, 0.717) is 59.7 Å². The molecule has 2 aromatic carbocycles. The van der Waals surface area contributed by atoms with Crippen molar-refractivity contribution < 1.29 is 23.9 Å². The summed E-state index contributed by atoms with van der Waals surface area (Å²) < 4.78 is 12.0. The second kappa shape index (κ2) is 15.2. The van der Waals surface area contributed by atoms with Crippen molar-refractivity contribution in [2.24, 2.45) is 0 Å². The molecule has 12 nitrogen and oxygen atoms in total. The highest BCUT2D eigenvalue weighted by molar-refractivity contribution is 6.37. The first-order chi connectivity index (χ1) is 26.2. The molecule has 8 rings (SSSR count). The van der Waals surface area contributed by atoms with E-state index in [1.54, 1.807) is 31.5 Å². The normalized spacial score (nSPS) is 20.0. The van der Waals surface area contributed by atoms with E-state index in [1.165, 1.54) is 0 Å². The van der Waals surface area contributed by atoms with Crippen molar-refractivity contribution in [1.29, 1.82) is 0 Å². The summed E-state index contributed by atoms with van der Waals surface area (Å²) in [5, 5.41) is 13.0. The number of likely N-dealkylation sites (tertiary alicyclic amines) is 1. The van der Waals surface area contributed by atoms with Gasteiger partial charge in [0.2, 0.25) is 23.6 Å². The Morgan fingerprint density at radius 3 is 2.57 bits per heavy atom. The fraction of sp³-hybridized carbons (Fsp3) is 0.375. The molecular formula is C40H41Cl2N7O5. The molecule has 4 aromatic rings. The summed E-state index contributed by atoms with van der Waals surface area (Å²) in [5.41, 5.74) is 5.88. The van der Waals surface area contributed by atoms with E-state index in [2.05, 4.69) is 36.1 Å². The summed E-state index contributed by atoms with van der Waals surface area (Å²) in [7, 11) is 1.56. The highest BCUT2D eigenvalue weighted by Gasteiger charge is 2.47. The largest absolute Gasteiger partial charge is 0.481 e. The van der Waals surface area contributed by atoms with Gasteiger partial charge in [0.1, 0.15) is 16.9 Å². The van der Waals surface area contributed by atoms with Crippen molar-refractivity contribution in [1.82, 2.24) is 30.8 Å². The van der Waals surface area contributed by atoms with E-state index in [-0.39, 0.29) is 41.3 Å². The summed E-state index contributed by atoms with van der Waals surface area (Å²) >= 11 is 13.7. The molecule has 0 saturated carbocycles. The number of hydrogen-bond donors (Lipinski definition) is 4. The smallest absolute Gasteiger partial charge is 0.258 e. The molecule has 4 aliphatic rings. The molecule has 5 heterocycles. The number of hydrogen-bond acceptors (Lipinski definition) is 9. The third-order valence-corrected chi connectivity index (χ3v) is 11.4. The van der Waals surface area contributed by atoms with Gasteiger partial charge in [-0.3, -0.25) is 19.3 Å². The second-order valence-electron chi connectivity index (χ2n) is 14.5. The lowest BCUT2D eigenvalue weighted by Crippen LogP contribution is -2.66. The lowest BCUT2D eigenvalue weighted by Gasteiger charge is -2.47. The number of pyridine rings is 2. The number of carbonyl (C=O) groups is 3. The van der Waals surface area contributed by atoms with Gasteiger partial charge in [-0.1, -0.05) is 59.6 Å². The number of benzene rings is 2. The van der Waals surface area contributed by atoms with Crippen LogP contribution >= 0.6 is 23.2 Å². The van der Waals surface area contributed by atoms with Gasteiger partial charge < -0.3 is 30.7 Å². The lowest BCUT2D eigenvalue weighted by molar-refractivity contribution is -0.121. The molecule has 4 N–H and O–H groups in total. The second-order valence-corrected chi connectivity index (χ2v) is 15.3. The number of carbonyl (C=O) groups excluding carboxylic acids is 3. The molecule has 3 saturated heterocycles. The minimum Gasteiger partial charge on any atom is -0.481 e. The Balaban J connectivity index is 0.919. The van der Waals surface area contributed by atoms with Gasteiger partial charge in [-0.15, -0.1) is 0 Å². The zero-order chi connectivity index (χ0) is 37.4. The highest BCUT2D eigenvalue weighted by Crippen LogP contribution is 2.43. The van der Waals surface area contributed by atoms with Crippen LogP contribution in [0.3, 0.4) is 0 Å². The number of methoxy groups -OCH3 is 1. The third-order valence-electron chi connectivity index (χ3n) is 10.7. The fourth-order valence-electron chi connectivity index (χ4n) is 8.10. The number of nitrogens with one attached hydrogen (secondary N) is 4. The summed E-state index contributed by atoms with van der Waals surface area (Å²) in [4.78, 5) is 48.0. The average molecular weight is 771 g/mol. The van der Waals surface area contributed by atoms with Crippen LogP contribution in [0.25, 0.3) is 11.1 Å². The maximum atomic E-state index is 13.5. The van der Waals surface area contributed by atoms with Crippen LogP contribution in [-0.4, -0.2) is 70.9 Å². The van der Waals surface area contributed by atoms with Crippen molar-refractivity contribution in [3.63, 3.8) is 0 Å². The van der Waals surface area contributed by atoms with Crippen LogP contribution in [0.4, 0.5) is 5.82 Å². The molecule has 2 atom stereocenters. The average Bonchev–Trinajstić information content (AvgIpc) is 3.88. The zero-order valence-electron chi connectivity index (χ0n) is 29.8. The molecule has 0 radical (unpaired) electrons. The molecule has 3 amide bonds. The van der Waals surface area contributed by atoms with Crippen molar-refractivity contribution >= 4 is 46.7 Å². The van der Waals surface area contributed by atoms with E-state index in [4.69, 9.17) is 32.7 Å². The van der Waals surface area contributed by atoms with Crippen molar-refractivity contribution in [2.75, 3.05) is 32.1 Å². The van der Waals surface area contributed by atoms with Gasteiger partial charge in [0.15, 0.2) is 0 Å². The first-order valence-electron chi connectivity index (χ1n) is 18.3. The number of anilines is 1. The number of amides is 3. The molecule has 1 spiro atoms. The SMILES string of the molecule is COc1nc(O[C@H]2CCc3c(-c4cccc(C(=O)Nc5ccc(CN6CC7(CCC(=O)N7)C6)cn5)c4Cl)cccc32)c(Cl)cc1CNC[C@@H]1CCC(=O)N1. The summed E-state index contributed by atoms with van der Waals surface area (Å²) in [6.45, 7) is 3.51. The van der Waals surface area contributed by atoms with Gasteiger partial charge in [0, 0.05) is 68.9 Å². The van der Waals surface area contributed by atoms with Crippen LogP contribution in [-0.2, 0) is 29.1 Å².